The summed E-state index contributed by atoms with van der Waals surface area (Å²) in [4.78, 5) is 24.7. The number of ether oxygens (including phenoxy) is 1. The maximum absolute atomic E-state index is 12.7. The van der Waals surface area contributed by atoms with Gasteiger partial charge in [-0.3, -0.25) is 0 Å². The van der Waals surface area contributed by atoms with Crippen molar-refractivity contribution in [2.45, 2.75) is 57.4 Å². The summed E-state index contributed by atoms with van der Waals surface area (Å²) in [7, 11) is -3.89. The van der Waals surface area contributed by atoms with E-state index < -0.39 is 27.7 Å². The normalized spacial score (nSPS) is 12.6. The molecule has 0 saturated heterocycles. The predicted octanol–water partition coefficient (Wildman–Crippen LogP) is 4.11. The van der Waals surface area contributed by atoms with Gasteiger partial charge in [0.1, 0.15) is 17.4 Å². The van der Waals surface area contributed by atoms with Gasteiger partial charge >= 0.3 is 11.6 Å². The highest BCUT2D eigenvalue weighted by molar-refractivity contribution is 7.89. The number of carbonyl (C=O) groups excluding carboxylic acids is 1. The Morgan fingerprint density at radius 1 is 1.09 bits per heavy atom. The number of aryl methyl sites for hydroxylation is 2. The molecular formula is C24H27NO6S. The third-order valence-corrected chi connectivity index (χ3v) is 6.63. The van der Waals surface area contributed by atoms with Crippen molar-refractivity contribution in [3.05, 3.63) is 70.1 Å². The van der Waals surface area contributed by atoms with Crippen LogP contribution >= 0.6 is 0 Å². The standard InChI is InChI=1S/C24H27NO6S/c1-4-6-7-17-14-23(26)31-22-15-18(10-13-20(17)22)30-24(27)21(5-2)25-32(28,29)19-11-8-16(3)9-12-19/h8-15,21,25H,4-7H2,1-3H3. The molecule has 1 aromatic heterocycles. The molecule has 0 radical (unpaired) electrons. The van der Waals surface area contributed by atoms with Gasteiger partial charge in [0.15, 0.2) is 0 Å². The number of unbranched alkanes of at least 4 members (excludes halogenated alkanes) is 1. The fourth-order valence-corrected chi connectivity index (χ4v) is 4.57. The lowest BCUT2D eigenvalue weighted by atomic mass is 10.0. The molecular weight excluding hydrogens is 430 g/mol. The Balaban J connectivity index is 1.80. The van der Waals surface area contributed by atoms with Crippen LogP contribution in [0.15, 0.2) is 62.6 Å². The summed E-state index contributed by atoms with van der Waals surface area (Å²) in [6.07, 6.45) is 2.88. The predicted molar refractivity (Wildman–Crippen MR) is 122 cm³/mol. The van der Waals surface area contributed by atoms with Crippen LogP contribution < -0.4 is 15.1 Å². The van der Waals surface area contributed by atoms with Crippen LogP contribution in [-0.2, 0) is 21.2 Å². The zero-order valence-corrected chi connectivity index (χ0v) is 19.2. The van der Waals surface area contributed by atoms with E-state index in [1.165, 1.54) is 24.3 Å². The topological polar surface area (TPSA) is 103 Å². The van der Waals surface area contributed by atoms with Gasteiger partial charge in [-0.1, -0.05) is 38.0 Å². The van der Waals surface area contributed by atoms with E-state index in [0.29, 0.717) is 5.58 Å². The van der Waals surface area contributed by atoms with Gasteiger partial charge in [0.2, 0.25) is 10.0 Å². The molecule has 170 valence electrons. The molecule has 0 saturated carbocycles. The number of benzene rings is 2. The van der Waals surface area contributed by atoms with Crippen molar-refractivity contribution < 1.29 is 22.4 Å². The van der Waals surface area contributed by atoms with E-state index in [2.05, 4.69) is 11.6 Å². The average Bonchev–Trinajstić information content (AvgIpc) is 2.75. The van der Waals surface area contributed by atoms with Crippen LogP contribution in [-0.4, -0.2) is 20.4 Å². The molecule has 8 heteroatoms. The Morgan fingerprint density at radius 3 is 2.47 bits per heavy atom. The molecule has 7 nitrogen and oxygen atoms in total. The van der Waals surface area contributed by atoms with Crippen LogP contribution in [0.5, 0.6) is 5.75 Å². The van der Waals surface area contributed by atoms with Crippen LogP contribution in [0.4, 0.5) is 0 Å². The van der Waals surface area contributed by atoms with Crippen LogP contribution in [0.2, 0.25) is 0 Å². The van der Waals surface area contributed by atoms with Gasteiger partial charge in [-0.2, -0.15) is 4.72 Å². The molecule has 3 aromatic rings. The first kappa shape index (κ1) is 23.7. The monoisotopic (exact) mass is 457 g/mol. The average molecular weight is 458 g/mol. The van der Waals surface area contributed by atoms with Crippen LogP contribution in [0.3, 0.4) is 0 Å². The number of rotatable bonds is 9. The first-order chi connectivity index (χ1) is 15.2. The minimum atomic E-state index is -3.89. The fourth-order valence-electron chi connectivity index (χ4n) is 3.31. The third-order valence-electron chi connectivity index (χ3n) is 5.14. The van der Waals surface area contributed by atoms with Gasteiger partial charge in [-0.25, -0.2) is 18.0 Å². The highest BCUT2D eigenvalue weighted by Gasteiger charge is 2.26. The quantitative estimate of drug-likeness (QED) is 0.295. The molecule has 1 heterocycles. The molecule has 1 atom stereocenters. The SMILES string of the molecule is CCCCc1cc(=O)oc2cc(OC(=O)C(CC)NS(=O)(=O)c3ccc(C)cc3)ccc12. The molecule has 0 fully saturated rings. The van der Waals surface area contributed by atoms with Crippen molar-refractivity contribution in [1.29, 1.82) is 0 Å². The Kier molecular flexibility index (Phi) is 7.48. The maximum atomic E-state index is 12.7. The summed E-state index contributed by atoms with van der Waals surface area (Å²) >= 11 is 0. The van der Waals surface area contributed by atoms with Gasteiger partial charge < -0.3 is 9.15 Å². The van der Waals surface area contributed by atoms with E-state index in [0.717, 1.165) is 35.8 Å². The number of hydrogen-bond donors (Lipinski definition) is 1. The second-order valence-electron chi connectivity index (χ2n) is 7.67. The fraction of sp³-hybridized carbons (Fsp3) is 0.333. The highest BCUT2D eigenvalue weighted by atomic mass is 32.2. The van der Waals surface area contributed by atoms with Crippen molar-refractivity contribution in [2.24, 2.45) is 0 Å². The van der Waals surface area contributed by atoms with E-state index in [4.69, 9.17) is 9.15 Å². The molecule has 32 heavy (non-hydrogen) atoms. The molecule has 0 aliphatic carbocycles. The minimum Gasteiger partial charge on any atom is -0.425 e. The molecule has 0 aliphatic rings. The van der Waals surface area contributed by atoms with Gasteiger partial charge in [0.05, 0.1) is 4.90 Å². The maximum Gasteiger partial charge on any atom is 0.336 e. The lowest BCUT2D eigenvalue weighted by Gasteiger charge is -2.16. The van der Waals surface area contributed by atoms with Crippen LogP contribution in [0, 0.1) is 6.92 Å². The Labute approximate surface area is 187 Å². The first-order valence-electron chi connectivity index (χ1n) is 10.6. The van der Waals surface area contributed by atoms with Crippen molar-refractivity contribution in [1.82, 2.24) is 4.72 Å². The van der Waals surface area contributed by atoms with Gasteiger partial charge in [-0.15, -0.1) is 0 Å². The summed E-state index contributed by atoms with van der Waals surface area (Å²) in [6.45, 7) is 5.61. The number of carbonyl (C=O) groups is 1. The van der Waals surface area contributed by atoms with E-state index >= 15 is 0 Å². The van der Waals surface area contributed by atoms with Crippen molar-refractivity contribution in [3.63, 3.8) is 0 Å². The molecule has 0 amide bonds. The summed E-state index contributed by atoms with van der Waals surface area (Å²) in [5.74, 6) is -0.571. The molecule has 0 spiro atoms. The summed E-state index contributed by atoms with van der Waals surface area (Å²) in [6, 6.07) is 11.6. The third kappa shape index (κ3) is 5.63. The smallest absolute Gasteiger partial charge is 0.336 e. The Hall–Kier alpha value is -2.97. The number of hydrogen-bond acceptors (Lipinski definition) is 6. The molecule has 2 aromatic carbocycles. The van der Waals surface area contributed by atoms with Crippen molar-refractivity contribution in [3.8, 4) is 5.75 Å². The number of sulfonamides is 1. The molecule has 0 bridgehead atoms. The van der Waals surface area contributed by atoms with E-state index in [1.807, 2.05) is 6.92 Å². The molecule has 3 rings (SSSR count). The lowest BCUT2D eigenvalue weighted by molar-refractivity contribution is -0.136. The van der Waals surface area contributed by atoms with E-state index in [1.54, 1.807) is 31.2 Å². The molecule has 1 unspecified atom stereocenters. The Morgan fingerprint density at radius 2 is 1.81 bits per heavy atom. The van der Waals surface area contributed by atoms with E-state index in [-0.39, 0.29) is 17.1 Å². The van der Waals surface area contributed by atoms with Gasteiger partial charge in [0, 0.05) is 17.5 Å². The summed E-state index contributed by atoms with van der Waals surface area (Å²) < 4.78 is 38.4. The number of fused-ring (bicyclic) bond motifs is 1. The zero-order valence-electron chi connectivity index (χ0n) is 18.4. The second kappa shape index (κ2) is 10.1. The van der Waals surface area contributed by atoms with E-state index in [9.17, 15) is 18.0 Å². The summed E-state index contributed by atoms with van der Waals surface area (Å²) in [5, 5.41) is 0.782. The minimum absolute atomic E-state index is 0.0708. The van der Waals surface area contributed by atoms with Crippen molar-refractivity contribution in [2.75, 3.05) is 0 Å². The highest BCUT2D eigenvalue weighted by Crippen LogP contribution is 2.24. The summed E-state index contributed by atoms with van der Waals surface area (Å²) in [5.41, 5.74) is 1.66. The number of nitrogens with one attached hydrogen (secondary N) is 1. The largest absolute Gasteiger partial charge is 0.425 e. The van der Waals surface area contributed by atoms with Crippen LogP contribution in [0.1, 0.15) is 44.2 Å². The van der Waals surface area contributed by atoms with Gasteiger partial charge in [0.25, 0.3) is 0 Å². The van der Waals surface area contributed by atoms with Crippen LogP contribution in [0.25, 0.3) is 11.0 Å². The van der Waals surface area contributed by atoms with Gasteiger partial charge in [-0.05, 0) is 56.0 Å². The first-order valence-corrected chi connectivity index (χ1v) is 12.1. The Bertz CT molecular complexity index is 1260. The van der Waals surface area contributed by atoms with Crippen molar-refractivity contribution >= 4 is 27.0 Å². The zero-order chi connectivity index (χ0) is 23.3. The molecule has 1 N–H and O–H groups in total. The lowest BCUT2D eigenvalue weighted by Crippen LogP contribution is -2.42. The second-order valence-corrected chi connectivity index (χ2v) is 9.38. The number of esters is 1. The molecule has 0 aliphatic heterocycles.